The highest BCUT2D eigenvalue weighted by Crippen LogP contribution is 2.22. The average Bonchev–Trinajstić information content (AvgIpc) is 2.82. The van der Waals surface area contributed by atoms with Crippen LogP contribution in [-0.4, -0.2) is 47.4 Å². The van der Waals surface area contributed by atoms with Crippen molar-refractivity contribution in [3.63, 3.8) is 0 Å². The second kappa shape index (κ2) is 6.34. The van der Waals surface area contributed by atoms with Gasteiger partial charge in [0, 0.05) is 31.9 Å². The molecule has 1 fully saturated rings. The fourth-order valence-electron chi connectivity index (χ4n) is 2.89. The summed E-state index contributed by atoms with van der Waals surface area (Å²) in [6.07, 6.45) is 10.5. The number of likely N-dealkylation sites (N-methyl/N-ethyl adjacent to an activating group) is 1. The standard InChI is InChI=1S/C14H26N4/c1-15-13-4-6-14(7-5-13)17(2)9-8-12-10-16-18(3)11-12/h10-11,13-15H,4-9H2,1-3H3. The third kappa shape index (κ3) is 3.56. The summed E-state index contributed by atoms with van der Waals surface area (Å²) < 4.78 is 1.88. The summed E-state index contributed by atoms with van der Waals surface area (Å²) in [6, 6.07) is 1.51. The van der Waals surface area contributed by atoms with Gasteiger partial charge in [-0.15, -0.1) is 0 Å². The Hall–Kier alpha value is -0.870. The van der Waals surface area contributed by atoms with Crippen molar-refractivity contribution in [2.45, 2.75) is 44.2 Å². The Balaban J connectivity index is 1.73. The summed E-state index contributed by atoms with van der Waals surface area (Å²) in [7, 11) is 6.32. The zero-order valence-electron chi connectivity index (χ0n) is 11.9. The van der Waals surface area contributed by atoms with E-state index in [9.17, 15) is 0 Å². The van der Waals surface area contributed by atoms with Gasteiger partial charge < -0.3 is 10.2 Å². The van der Waals surface area contributed by atoms with Crippen LogP contribution in [0, 0.1) is 0 Å². The Morgan fingerprint density at radius 2 is 2.11 bits per heavy atom. The molecule has 4 nitrogen and oxygen atoms in total. The van der Waals surface area contributed by atoms with Crippen LogP contribution in [0.1, 0.15) is 31.2 Å². The fraction of sp³-hybridized carbons (Fsp3) is 0.786. The maximum atomic E-state index is 4.22. The molecular weight excluding hydrogens is 224 g/mol. The Bertz CT molecular complexity index is 352. The van der Waals surface area contributed by atoms with E-state index in [4.69, 9.17) is 0 Å². The van der Waals surface area contributed by atoms with E-state index in [0.29, 0.717) is 0 Å². The Kier molecular flexibility index (Phi) is 4.78. The number of aryl methyl sites for hydroxylation is 1. The van der Waals surface area contributed by atoms with Gasteiger partial charge in [0.2, 0.25) is 0 Å². The monoisotopic (exact) mass is 250 g/mol. The summed E-state index contributed by atoms with van der Waals surface area (Å²) in [4.78, 5) is 2.53. The van der Waals surface area contributed by atoms with Crippen LogP contribution in [0.2, 0.25) is 0 Å². The third-order valence-electron chi connectivity index (χ3n) is 4.24. The number of nitrogens with one attached hydrogen (secondary N) is 1. The van der Waals surface area contributed by atoms with E-state index in [-0.39, 0.29) is 0 Å². The van der Waals surface area contributed by atoms with E-state index in [1.807, 2.05) is 17.9 Å². The molecule has 0 spiro atoms. The number of hydrogen-bond donors (Lipinski definition) is 1. The van der Waals surface area contributed by atoms with Crippen LogP contribution in [0.4, 0.5) is 0 Å². The van der Waals surface area contributed by atoms with Gasteiger partial charge in [0.05, 0.1) is 6.20 Å². The van der Waals surface area contributed by atoms with E-state index in [2.05, 4.69) is 35.6 Å². The first-order valence-corrected chi connectivity index (χ1v) is 7.04. The average molecular weight is 250 g/mol. The van der Waals surface area contributed by atoms with Gasteiger partial charge in [-0.05, 0) is 51.8 Å². The molecule has 0 amide bonds. The molecule has 18 heavy (non-hydrogen) atoms. The van der Waals surface area contributed by atoms with Crippen molar-refractivity contribution < 1.29 is 0 Å². The molecule has 1 aliphatic carbocycles. The molecule has 2 rings (SSSR count). The van der Waals surface area contributed by atoms with Crippen LogP contribution in [0.25, 0.3) is 0 Å². The zero-order valence-corrected chi connectivity index (χ0v) is 11.9. The summed E-state index contributed by atoms with van der Waals surface area (Å²) >= 11 is 0. The van der Waals surface area contributed by atoms with Crippen molar-refractivity contribution >= 4 is 0 Å². The highest BCUT2D eigenvalue weighted by Gasteiger charge is 2.22. The van der Waals surface area contributed by atoms with Crippen molar-refractivity contribution in [3.8, 4) is 0 Å². The van der Waals surface area contributed by atoms with Crippen molar-refractivity contribution in [2.75, 3.05) is 20.6 Å². The molecule has 0 aliphatic heterocycles. The molecule has 0 atom stereocenters. The summed E-state index contributed by atoms with van der Waals surface area (Å²) in [6.45, 7) is 1.14. The second-order valence-corrected chi connectivity index (χ2v) is 5.55. The minimum Gasteiger partial charge on any atom is -0.317 e. The highest BCUT2D eigenvalue weighted by molar-refractivity contribution is 5.04. The summed E-state index contributed by atoms with van der Waals surface area (Å²) in [5, 5.41) is 7.61. The highest BCUT2D eigenvalue weighted by atomic mass is 15.2. The van der Waals surface area contributed by atoms with Gasteiger partial charge in [-0.1, -0.05) is 0 Å². The van der Waals surface area contributed by atoms with E-state index in [1.54, 1.807) is 0 Å². The molecule has 0 saturated heterocycles. The molecule has 4 heteroatoms. The first-order valence-electron chi connectivity index (χ1n) is 7.04. The lowest BCUT2D eigenvalue weighted by Crippen LogP contribution is -2.40. The third-order valence-corrected chi connectivity index (χ3v) is 4.24. The largest absolute Gasteiger partial charge is 0.317 e. The predicted molar refractivity (Wildman–Crippen MR) is 74.6 cm³/mol. The van der Waals surface area contributed by atoms with E-state index < -0.39 is 0 Å². The molecule has 0 aromatic carbocycles. The van der Waals surface area contributed by atoms with E-state index in [0.717, 1.165) is 25.0 Å². The van der Waals surface area contributed by atoms with Gasteiger partial charge in [0.15, 0.2) is 0 Å². The van der Waals surface area contributed by atoms with Crippen LogP contribution in [0.5, 0.6) is 0 Å². The molecule has 0 unspecified atom stereocenters. The topological polar surface area (TPSA) is 33.1 Å². The molecule has 1 aromatic rings. The molecule has 1 heterocycles. The first kappa shape index (κ1) is 13.6. The maximum Gasteiger partial charge on any atom is 0.0522 e. The van der Waals surface area contributed by atoms with Gasteiger partial charge in [-0.25, -0.2) is 0 Å². The molecule has 1 aliphatic rings. The Labute approximate surface area is 110 Å². The SMILES string of the molecule is CNC1CCC(N(C)CCc2cnn(C)c2)CC1. The first-order chi connectivity index (χ1) is 8.69. The quantitative estimate of drug-likeness (QED) is 0.858. The van der Waals surface area contributed by atoms with Gasteiger partial charge in [-0.3, -0.25) is 4.68 Å². The molecule has 1 aromatic heterocycles. The lowest BCUT2D eigenvalue weighted by atomic mass is 9.90. The van der Waals surface area contributed by atoms with E-state index in [1.165, 1.54) is 31.2 Å². The van der Waals surface area contributed by atoms with Gasteiger partial charge in [0.25, 0.3) is 0 Å². The van der Waals surface area contributed by atoms with Crippen molar-refractivity contribution in [3.05, 3.63) is 18.0 Å². The van der Waals surface area contributed by atoms with Gasteiger partial charge in [0.1, 0.15) is 0 Å². The molecule has 102 valence electrons. The lowest BCUT2D eigenvalue weighted by molar-refractivity contribution is 0.178. The second-order valence-electron chi connectivity index (χ2n) is 5.55. The number of aromatic nitrogens is 2. The van der Waals surface area contributed by atoms with Crippen LogP contribution in [-0.2, 0) is 13.5 Å². The normalized spacial score (nSPS) is 24.7. The number of hydrogen-bond acceptors (Lipinski definition) is 3. The summed E-state index contributed by atoms with van der Waals surface area (Å²) in [5.74, 6) is 0. The number of rotatable bonds is 5. The molecule has 1 saturated carbocycles. The molecule has 1 N–H and O–H groups in total. The van der Waals surface area contributed by atoms with Crippen LogP contribution >= 0.6 is 0 Å². The minimum atomic E-state index is 0.743. The van der Waals surface area contributed by atoms with Crippen LogP contribution in [0.15, 0.2) is 12.4 Å². The maximum absolute atomic E-state index is 4.22. The van der Waals surface area contributed by atoms with Crippen molar-refractivity contribution in [2.24, 2.45) is 7.05 Å². The van der Waals surface area contributed by atoms with Crippen molar-refractivity contribution in [1.82, 2.24) is 20.0 Å². The van der Waals surface area contributed by atoms with E-state index >= 15 is 0 Å². The smallest absolute Gasteiger partial charge is 0.0522 e. The minimum absolute atomic E-state index is 0.743. The Morgan fingerprint density at radius 1 is 1.39 bits per heavy atom. The lowest BCUT2D eigenvalue weighted by Gasteiger charge is -2.34. The molecular formula is C14H26N4. The zero-order chi connectivity index (χ0) is 13.0. The van der Waals surface area contributed by atoms with Crippen LogP contribution < -0.4 is 5.32 Å². The molecule has 0 radical (unpaired) electrons. The summed E-state index contributed by atoms with van der Waals surface area (Å²) in [5.41, 5.74) is 1.34. The van der Waals surface area contributed by atoms with Gasteiger partial charge >= 0.3 is 0 Å². The number of nitrogens with zero attached hydrogens (tertiary/aromatic N) is 3. The fourth-order valence-corrected chi connectivity index (χ4v) is 2.89. The van der Waals surface area contributed by atoms with Crippen molar-refractivity contribution in [1.29, 1.82) is 0 Å². The van der Waals surface area contributed by atoms with Gasteiger partial charge in [-0.2, -0.15) is 5.10 Å². The predicted octanol–water partition coefficient (Wildman–Crippen LogP) is 1.42. The molecule has 0 bridgehead atoms. The van der Waals surface area contributed by atoms with Crippen LogP contribution in [0.3, 0.4) is 0 Å². The Morgan fingerprint density at radius 3 is 2.67 bits per heavy atom.